The molecule has 0 unspecified atom stereocenters. The molecule has 0 bridgehead atoms. The van der Waals surface area contributed by atoms with Crippen LogP contribution in [0.1, 0.15) is 85.1 Å². The average molecular weight is 487 g/mol. The number of fused-ring (bicyclic) bond motifs is 1. The zero-order chi connectivity index (χ0) is 27.2. The van der Waals surface area contributed by atoms with Crippen molar-refractivity contribution in [3.63, 3.8) is 0 Å². The van der Waals surface area contributed by atoms with Gasteiger partial charge in [-0.3, -0.25) is 4.79 Å². The number of amides is 1. The van der Waals surface area contributed by atoms with E-state index in [1.807, 2.05) is 65.8 Å². The van der Waals surface area contributed by atoms with Crippen LogP contribution in [0.5, 0.6) is 0 Å². The van der Waals surface area contributed by atoms with Crippen LogP contribution in [-0.4, -0.2) is 21.6 Å². The molecule has 0 saturated carbocycles. The fraction of sp³-hybridized carbons (Fsp3) is 0.448. The molecule has 0 aliphatic carbocycles. The van der Waals surface area contributed by atoms with E-state index in [4.69, 9.17) is 0 Å². The van der Waals surface area contributed by atoms with Gasteiger partial charge in [-0.15, -0.1) is 0 Å². The Bertz CT molecular complexity index is 1040. The Morgan fingerprint density at radius 3 is 2.29 bits per heavy atom. The van der Waals surface area contributed by atoms with Crippen LogP contribution >= 0.6 is 0 Å². The lowest BCUT2D eigenvalue weighted by Gasteiger charge is -2.17. The Morgan fingerprint density at radius 1 is 1.17 bits per heavy atom. The van der Waals surface area contributed by atoms with Crippen LogP contribution in [0.2, 0.25) is 0 Å². The summed E-state index contributed by atoms with van der Waals surface area (Å²) in [6, 6.07) is 7.10. The summed E-state index contributed by atoms with van der Waals surface area (Å²) in [7, 11) is 0. The van der Waals surface area contributed by atoms with Crippen LogP contribution in [0.4, 0.5) is 10.1 Å². The van der Waals surface area contributed by atoms with Gasteiger partial charge < -0.3 is 15.0 Å². The Labute approximate surface area is 210 Å². The molecule has 6 heteroatoms. The number of carboxylic acid groups (broad SMARTS) is 1. The van der Waals surface area contributed by atoms with E-state index in [-0.39, 0.29) is 22.8 Å². The van der Waals surface area contributed by atoms with Crippen molar-refractivity contribution in [1.29, 1.82) is 0 Å². The second-order valence-electron chi connectivity index (χ2n) is 9.25. The molecule has 1 aromatic heterocycles. The third-order valence-corrected chi connectivity index (χ3v) is 4.76. The number of aryl methyl sites for hydroxylation is 1. The molecule has 1 heterocycles. The number of halogens is 1. The van der Waals surface area contributed by atoms with E-state index < -0.39 is 5.97 Å². The molecule has 5 nitrogen and oxygen atoms in total. The molecule has 194 valence electrons. The van der Waals surface area contributed by atoms with E-state index in [2.05, 4.69) is 11.9 Å². The fourth-order valence-electron chi connectivity index (χ4n) is 3.21. The van der Waals surface area contributed by atoms with E-state index in [0.29, 0.717) is 25.1 Å². The first kappa shape index (κ1) is 31.9. The number of benzene rings is 1. The minimum absolute atomic E-state index is 0.00119. The van der Waals surface area contributed by atoms with Crippen LogP contribution in [0.25, 0.3) is 10.9 Å². The van der Waals surface area contributed by atoms with Crippen LogP contribution in [0, 0.1) is 5.41 Å². The van der Waals surface area contributed by atoms with E-state index in [1.54, 1.807) is 36.6 Å². The van der Waals surface area contributed by atoms with Gasteiger partial charge in [0.25, 0.3) is 0 Å². The van der Waals surface area contributed by atoms with Gasteiger partial charge in [-0.25, -0.2) is 9.18 Å². The maximum absolute atomic E-state index is 12.8. The second-order valence-corrected chi connectivity index (χ2v) is 9.25. The summed E-state index contributed by atoms with van der Waals surface area (Å²) in [6.07, 6.45) is 7.13. The lowest BCUT2D eigenvalue weighted by atomic mass is 9.92. The zero-order valence-corrected chi connectivity index (χ0v) is 22.7. The molecule has 0 spiro atoms. The summed E-state index contributed by atoms with van der Waals surface area (Å²) >= 11 is 0. The van der Waals surface area contributed by atoms with Crippen molar-refractivity contribution in [2.75, 3.05) is 5.32 Å². The number of nitrogens with one attached hydrogen (secondary N) is 1. The number of carboxylic acids is 1. The third-order valence-electron chi connectivity index (χ3n) is 4.76. The van der Waals surface area contributed by atoms with Gasteiger partial charge in [0.2, 0.25) is 5.91 Å². The van der Waals surface area contributed by atoms with Gasteiger partial charge in [-0.1, -0.05) is 59.4 Å². The molecule has 0 atom stereocenters. The van der Waals surface area contributed by atoms with Gasteiger partial charge in [0, 0.05) is 36.0 Å². The molecule has 0 fully saturated rings. The molecule has 0 radical (unpaired) electrons. The summed E-state index contributed by atoms with van der Waals surface area (Å²) < 4.78 is 14.5. The molecular weight excluding hydrogens is 443 g/mol. The molecular formula is C29H43FN2O3. The number of carbonyl (C=O) groups is 2. The van der Waals surface area contributed by atoms with Crippen molar-refractivity contribution in [3.05, 3.63) is 66.2 Å². The number of hydrogen-bond acceptors (Lipinski definition) is 2. The van der Waals surface area contributed by atoms with Gasteiger partial charge >= 0.3 is 5.97 Å². The molecule has 0 aliphatic heterocycles. The monoisotopic (exact) mass is 486 g/mol. The predicted octanol–water partition coefficient (Wildman–Crippen LogP) is 8.53. The molecule has 0 aliphatic rings. The van der Waals surface area contributed by atoms with Crippen molar-refractivity contribution in [1.82, 2.24) is 4.57 Å². The normalized spacial score (nSPS) is 10.7. The van der Waals surface area contributed by atoms with Crippen LogP contribution in [-0.2, 0) is 11.3 Å². The number of hydrogen-bond donors (Lipinski definition) is 2. The van der Waals surface area contributed by atoms with Crippen LogP contribution in [0.3, 0.4) is 0 Å². The Kier molecular flexibility index (Phi) is 14.3. The van der Waals surface area contributed by atoms with Crippen molar-refractivity contribution in [2.24, 2.45) is 5.41 Å². The second kappa shape index (κ2) is 15.7. The Morgan fingerprint density at radius 2 is 1.80 bits per heavy atom. The van der Waals surface area contributed by atoms with Crippen molar-refractivity contribution in [3.8, 4) is 0 Å². The Hall–Kier alpha value is -3.15. The Balaban J connectivity index is 0.000000754. The maximum atomic E-state index is 12.8. The van der Waals surface area contributed by atoms with Crippen molar-refractivity contribution < 1.29 is 19.1 Å². The number of nitrogens with zero attached hydrogens (tertiary/aromatic N) is 1. The summed E-state index contributed by atoms with van der Waals surface area (Å²) in [4.78, 5) is 23.3. The van der Waals surface area contributed by atoms with Gasteiger partial charge in [-0.2, -0.15) is 0 Å². The summed E-state index contributed by atoms with van der Waals surface area (Å²) in [6.45, 7) is 19.6. The standard InChI is InChI=1S/C17H22N2O3.C10H15F.C2H6/c1-5-19-13-7-6-12(18-15(20)10-17(2,3)4)8-11(13)9-14(19)16(21)22;1-4-5-6-7-8-10(11)9(2)3;1-2/h6-9H,5,10H2,1-4H3,(H,18,20)(H,21,22);4-6H,1,7-8H2,2-3H3;1-2H3/b;6-5-;. The van der Waals surface area contributed by atoms with E-state index in [0.717, 1.165) is 22.9 Å². The van der Waals surface area contributed by atoms with Crippen LogP contribution in [0.15, 0.2) is 60.5 Å². The first-order chi connectivity index (χ1) is 16.4. The van der Waals surface area contributed by atoms with Gasteiger partial charge in [0.15, 0.2) is 0 Å². The van der Waals surface area contributed by atoms with Gasteiger partial charge in [0.05, 0.1) is 5.83 Å². The van der Waals surface area contributed by atoms with Gasteiger partial charge in [-0.05, 0) is 62.4 Å². The number of rotatable bonds is 8. The van der Waals surface area contributed by atoms with E-state index in [1.165, 1.54) is 0 Å². The maximum Gasteiger partial charge on any atom is 0.352 e. The number of aromatic nitrogens is 1. The highest BCUT2D eigenvalue weighted by atomic mass is 19.1. The summed E-state index contributed by atoms with van der Waals surface area (Å²) in [5, 5.41) is 12.9. The quantitative estimate of drug-likeness (QED) is 0.367. The lowest BCUT2D eigenvalue weighted by molar-refractivity contribution is -0.117. The SMILES string of the molecule is C=C/C=C\CCC(F)=C(C)C.CC.CCn1c(C(=O)O)cc2cc(NC(=O)CC(C)(C)C)ccc21. The van der Waals surface area contributed by atoms with Crippen molar-refractivity contribution in [2.45, 2.75) is 81.2 Å². The summed E-state index contributed by atoms with van der Waals surface area (Å²) in [5.74, 6) is -0.990. The molecule has 0 saturated heterocycles. The first-order valence-corrected chi connectivity index (χ1v) is 12.2. The fourth-order valence-corrected chi connectivity index (χ4v) is 3.21. The summed E-state index contributed by atoms with van der Waals surface area (Å²) in [5.41, 5.74) is 2.50. The minimum Gasteiger partial charge on any atom is -0.477 e. The molecule has 2 aromatic rings. The number of allylic oxidation sites excluding steroid dienone is 5. The molecule has 2 N–H and O–H groups in total. The highest BCUT2D eigenvalue weighted by molar-refractivity contribution is 5.98. The topological polar surface area (TPSA) is 71.3 Å². The third kappa shape index (κ3) is 11.7. The largest absolute Gasteiger partial charge is 0.477 e. The van der Waals surface area contributed by atoms with Crippen molar-refractivity contribution >= 4 is 28.5 Å². The minimum atomic E-state index is -0.948. The van der Waals surface area contributed by atoms with Crippen LogP contribution < -0.4 is 5.32 Å². The smallest absolute Gasteiger partial charge is 0.352 e. The molecule has 35 heavy (non-hydrogen) atoms. The molecule has 1 amide bonds. The van der Waals surface area contributed by atoms with E-state index >= 15 is 0 Å². The highest BCUT2D eigenvalue weighted by Gasteiger charge is 2.17. The number of anilines is 1. The van der Waals surface area contributed by atoms with Gasteiger partial charge in [0.1, 0.15) is 5.69 Å². The lowest BCUT2D eigenvalue weighted by Crippen LogP contribution is -2.19. The zero-order valence-electron chi connectivity index (χ0n) is 22.7. The van der Waals surface area contributed by atoms with E-state index in [9.17, 15) is 19.1 Å². The number of carbonyl (C=O) groups excluding carboxylic acids is 1. The number of aromatic carboxylic acids is 1. The molecule has 2 rings (SSSR count). The molecule has 1 aromatic carbocycles. The predicted molar refractivity (Wildman–Crippen MR) is 147 cm³/mol. The average Bonchev–Trinajstić information content (AvgIpc) is 3.15. The first-order valence-electron chi connectivity index (χ1n) is 12.2. The highest BCUT2D eigenvalue weighted by Crippen LogP contribution is 2.25.